The van der Waals surface area contributed by atoms with Crippen LogP contribution >= 0.6 is 0 Å². The molecular weight excluding hydrogens is 308 g/mol. The van der Waals surface area contributed by atoms with Crippen LogP contribution in [0.4, 0.5) is 0 Å². The zero-order valence-corrected chi connectivity index (χ0v) is 14.3. The van der Waals surface area contributed by atoms with E-state index in [-0.39, 0.29) is 11.9 Å². The molecular formula is C17H26N4O3. The normalized spacial score (nSPS) is 27.7. The average molecular weight is 334 g/mol. The van der Waals surface area contributed by atoms with Crippen LogP contribution in [0, 0.1) is 5.92 Å². The lowest BCUT2D eigenvalue weighted by molar-refractivity contribution is -0.131. The molecule has 3 heterocycles. The van der Waals surface area contributed by atoms with Crippen LogP contribution in [-0.2, 0) is 16.1 Å². The molecule has 4 rings (SSSR count). The molecule has 2 saturated heterocycles. The molecule has 2 atom stereocenters. The van der Waals surface area contributed by atoms with Gasteiger partial charge in [0.2, 0.25) is 11.8 Å². The fourth-order valence-electron chi connectivity index (χ4n) is 3.80. The van der Waals surface area contributed by atoms with E-state index in [1.54, 1.807) is 6.92 Å². The van der Waals surface area contributed by atoms with Crippen molar-refractivity contribution in [3.05, 3.63) is 11.7 Å². The molecule has 3 aliphatic rings. The van der Waals surface area contributed by atoms with Crippen LogP contribution in [0.15, 0.2) is 4.52 Å². The Balaban J connectivity index is 1.34. The Hall–Kier alpha value is -1.47. The predicted octanol–water partition coefficient (Wildman–Crippen LogP) is 1.41. The second kappa shape index (κ2) is 6.80. The minimum Gasteiger partial charge on any atom is -0.381 e. The summed E-state index contributed by atoms with van der Waals surface area (Å²) >= 11 is 0. The van der Waals surface area contributed by atoms with Gasteiger partial charge in [0.1, 0.15) is 0 Å². The molecule has 1 saturated carbocycles. The highest BCUT2D eigenvalue weighted by Crippen LogP contribution is 2.38. The summed E-state index contributed by atoms with van der Waals surface area (Å²) in [6.07, 6.45) is 4.45. The first-order valence-electron chi connectivity index (χ1n) is 9.09. The number of rotatable bonds is 6. The molecule has 0 bridgehead atoms. The lowest BCUT2D eigenvalue weighted by atomic mass is 10.1. The molecule has 1 aliphatic carbocycles. The van der Waals surface area contributed by atoms with E-state index in [9.17, 15) is 4.79 Å². The Morgan fingerprint density at radius 1 is 1.33 bits per heavy atom. The van der Waals surface area contributed by atoms with Crippen LogP contribution in [0.1, 0.15) is 50.2 Å². The van der Waals surface area contributed by atoms with Gasteiger partial charge in [0.15, 0.2) is 5.82 Å². The third-order valence-corrected chi connectivity index (χ3v) is 5.36. The molecule has 0 unspecified atom stereocenters. The Morgan fingerprint density at radius 2 is 2.21 bits per heavy atom. The van der Waals surface area contributed by atoms with E-state index < -0.39 is 0 Å². The molecule has 1 aromatic rings. The maximum Gasteiger partial charge on any atom is 0.229 e. The van der Waals surface area contributed by atoms with E-state index in [0.717, 1.165) is 64.4 Å². The molecule has 2 aliphatic heterocycles. The lowest BCUT2D eigenvalue weighted by Crippen LogP contribution is -2.41. The zero-order valence-electron chi connectivity index (χ0n) is 14.3. The molecule has 1 amide bonds. The number of ether oxygens (including phenoxy) is 1. The van der Waals surface area contributed by atoms with Crippen LogP contribution in [0.25, 0.3) is 0 Å². The predicted molar refractivity (Wildman–Crippen MR) is 86.3 cm³/mol. The van der Waals surface area contributed by atoms with Gasteiger partial charge in [-0.1, -0.05) is 5.16 Å². The second-order valence-electron chi connectivity index (χ2n) is 7.40. The maximum absolute atomic E-state index is 12.1. The van der Waals surface area contributed by atoms with Crippen molar-refractivity contribution in [3.63, 3.8) is 0 Å². The Labute approximate surface area is 142 Å². The third-order valence-electron chi connectivity index (χ3n) is 5.36. The molecule has 0 spiro atoms. The van der Waals surface area contributed by atoms with Crippen LogP contribution in [0.3, 0.4) is 0 Å². The number of aromatic nitrogens is 2. The summed E-state index contributed by atoms with van der Waals surface area (Å²) in [7, 11) is 0. The third kappa shape index (κ3) is 3.62. The minimum absolute atomic E-state index is 0.0869. The van der Waals surface area contributed by atoms with E-state index >= 15 is 0 Å². The van der Waals surface area contributed by atoms with Crippen molar-refractivity contribution in [3.8, 4) is 0 Å². The first kappa shape index (κ1) is 16.0. The quantitative estimate of drug-likeness (QED) is 0.783. The monoisotopic (exact) mass is 334 g/mol. The van der Waals surface area contributed by atoms with Crippen LogP contribution < -0.4 is 0 Å². The van der Waals surface area contributed by atoms with Gasteiger partial charge in [-0.2, -0.15) is 4.98 Å². The number of carbonyl (C=O) groups is 1. The number of amides is 1. The van der Waals surface area contributed by atoms with Crippen molar-refractivity contribution in [2.75, 3.05) is 32.8 Å². The highest BCUT2D eigenvalue weighted by atomic mass is 16.5. The Morgan fingerprint density at radius 3 is 2.92 bits per heavy atom. The number of carbonyl (C=O) groups excluding carboxylic acids is 1. The number of likely N-dealkylation sites (tertiary alicyclic amines) is 1. The Kier molecular flexibility index (Phi) is 4.54. The van der Waals surface area contributed by atoms with E-state index in [1.165, 1.54) is 0 Å². The van der Waals surface area contributed by atoms with E-state index in [4.69, 9.17) is 9.26 Å². The van der Waals surface area contributed by atoms with Gasteiger partial charge in [-0.25, -0.2) is 0 Å². The summed E-state index contributed by atoms with van der Waals surface area (Å²) in [6, 6.07) is 0.243. The molecule has 7 nitrogen and oxygen atoms in total. The number of hydrogen-bond donors (Lipinski definition) is 0. The van der Waals surface area contributed by atoms with Crippen molar-refractivity contribution >= 4 is 5.91 Å². The van der Waals surface area contributed by atoms with Crippen LogP contribution in [-0.4, -0.2) is 64.7 Å². The van der Waals surface area contributed by atoms with Gasteiger partial charge in [-0.3, -0.25) is 4.79 Å². The second-order valence-corrected chi connectivity index (χ2v) is 7.40. The minimum atomic E-state index is 0.0869. The molecule has 0 aromatic carbocycles. The van der Waals surface area contributed by atoms with E-state index in [1.807, 2.05) is 4.90 Å². The summed E-state index contributed by atoms with van der Waals surface area (Å²) < 4.78 is 10.8. The Bertz CT molecular complexity index is 580. The molecule has 132 valence electrons. The fraction of sp³-hybridized carbons (Fsp3) is 0.824. The number of hydrogen-bond acceptors (Lipinski definition) is 6. The maximum atomic E-state index is 12.1. The summed E-state index contributed by atoms with van der Waals surface area (Å²) in [5.41, 5.74) is 0. The van der Waals surface area contributed by atoms with Gasteiger partial charge in [0.05, 0.1) is 13.2 Å². The zero-order chi connectivity index (χ0) is 16.5. The van der Waals surface area contributed by atoms with Crippen molar-refractivity contribution < 1.29 is 14.1 Å². The van der Waals surface area contributed by atoms with Gasteiger partial charge < -0.3 is 19.1 Å². The molecule has 0 N–H and O–H groups in total. The molecule has 24 heavy (non-hydrogen) atoms. The lowest BCUT2D eigenvalue weighted by Gasteiger charge is -2.27. The van der Waals surface area contributed by atoms with Gasteiger partial charge in [-0.15, -0.1) is 0 Å². The number of nitrogens with zero attached hydrogens (tertiary/aromatic N) is 4. The van der Waals surface area contributed by atoms with E-state index in [2.05, 4.69) is 15.0 Å². The van der Waals surface area contributed by atoms with Crippen molar-refractivity contribution in [1.29, 1.82) is 0 Å². The SMILES string of the molecule is CC(=O)N(Cc1noc(C2CC2)n1)[C@H]1CCN(C[C@@H]2CCOC2)C1. The van der Waals surface area contributed by atoms with Crippen molar-refractivity contribution in [2.24, 2.45) is 5.92 Å². The largest absolute Gasteiger partial charge is 0.381 e. The topological polar surface area (TPSA) is 71.7 Å². The van der Waals surface area contributed by atoms with E-state index in [0.29, 0.717) is 24.2 Å². The van der Waals surface area contributed by atoms with Crippen molar-refractivity contribution in [1.82, 2.24) is 19.9 Å². The molecule has 0 radical (unpaired) electrons. The molecule has 1 aromatic heterocycles. The van der Waals surface area contributed by atoms with Gasteiger partial charge in [-0.05, 0) is 31.6 Å². The summed E-state index contributed by atoms with van der Waals surface area (Å²) in [5, 5.41) is 4.06. The highest BCUT2D eigenvalue weighted by molar-refractivity contribution is 5.73. The summed E-state index contributed by atoms with van der Waals surface area (Å²) in [5.74, 6) is 2.56. The average Bonchev–Trinajstić information content (AvgIpc) is 2.97. The van der Waals surface area contributed by atoms with Gasteiger partial charge >= 0.3 is 0 Å². The summed E-state index contributed by atoms with van der Waals surface area (Å²) in [4.78, 5) is 21.0. The van der Waals surface area contributed by atoms with Crippen LogP contribution in [0.2, 0.25) is 0 Å². The highest BCUT2D eigenvalue weighted by Gasteiger charge is 2.33. The summed E-state index contributed by atoms with van der Waals surface area (Å²) in [6.45, 7) is 6.92. The van der Waals surface area contributed by atoms with Crippen molar-refractivity contribution in [2.45, 2.75) is 51.1 Å². The standard InChI is InChI=1S/C17H26N4O3/c1-12(22)21(10-16-18-17(24-19-16)14-2-3-14)15-4-6-20(9-15)8-13-5-7-23-11-13/h13-15H,2-11H2,1H3/t13-,15-/m0/s1. The first-order valence-corrected chi connectivity index (χ1v) is 9.09. The van der Waals surface area contributed by atoms with Gasteiger partial charge in [0, 0.05) is 45.1 Å². The fourth-order valence-corrected chi connectivity index (χ4v) is 3.80. The first-order chi connectivity index (χ1) is 11.7. The smallest absolute Gasteiger partial charge is 0.229 e. The molecule has 7 heteroatoms. The van der Waals surface area contributed by atoms with Gasteiger partial charge in [0.25, 0.3) is 0 Å². The van der Waals surface area contributed by atoms with Crippen LogP contribution in [0.5, 0.6) is 0 Å². The molecule has 3 fully saturated rings.